The van der Waals surface area contributed by atoms with Crippen molar-refractivity contribution in [3.63, 3.8) is 0 Å². The molecule has 3 fully saturated rings. The number of Topliss-reactive ketones (excluding diaryl/α,β-unsaturated/α-hetero) is 1. The van der Waals surface area contributed by atoms with Gasteiger partial charge in [-0.05, 0) is 54.4 Å². The van der Waals surface area contributed by atoms with Gasteiger partial charge >= 0.3 is 0 Å². The van der Waals surface area contributed by atoms with Crippen LogP contribution >= 0.6 is 0 Å². The Kier molecular flexibility index (Phi) is 4.17. The van der Waals surface area contributed by atoms with E-state index in [9.17, 15) is 24.9 Å². The Morgan fingerprint density at radius 2 is 2.07 bits per heavy atom. The molecule has 28 heavy (non-hydrogen) atoms. The van der Waals surface area contributed by atoms with Crippen molar-refractivity contribution in [1.82, 2.24) is 0 Å². The predicted molar refractivity (Wildman–Crippen MR) is 99.9 cm³/mol. The van der Waals surface area contributed by atoms with Gasteiger partial charge in [0.25, 0.3) is 0 Å². The first kappa shape index (κ1) is 19.7. The molecule has 5 nitrogen and oxygen atoms in total. The molecule has 8 atom stereocenters. The molecule has 0 aromatic rings. The predicted octanol–water partition coefficient (Wildman–Crippen LogP) is 1.67. The molecule has 0 unspecified atom stereocenters. The molecule has 0 aliphatic heterocycles. The van der Waals surface area contributed by atoms with E-state index in [1.807, 2.05) is 6.92 Å². The molecule has 0 spiro atoms. The van der Waals surface area contributed by atoms with Crippen LogP contribution < -0.4 is 0 Å². The third-order valence-electron chi connectivity index (χ3n) is 8.22. The first-order valence-electron chi connectivity index (χ1n) is 9.83. The fraction of sp³-hybridized carbons (Fsp3) is 0.636. The number of rotatable bonds is 2. The average molecular weight is 390 g/mol. The van der Waals surface area contributed by atoms with Crippen molar-refractivity contribution in [2.24, 2.45) is 28.6 Å². The zero-order valence-corrected chi connectivity index (χ0v) is 16.2. The highest BCUT2D eigenvalue weighted by atomic mass is 19.1. The van der Waals surface area contributed by atoms with Crippen molar-refractivity contribution < 1.29 is 29.3 Å². The fourth-order valence-electron chi connectivity index (χ4n) is 6.92. The first-order valence-corrected chi connectivity index (χ1v) is 9.83. The molecular weight excluding hydrogens is 363 g/mol. The zero-order valence-electron chi connectivity index (χ0n) is 16.2. The van der Waals surface area contributed by atoms with Crippen LogP contribution in [-0.2, 0) is 9.59 Å². The molecular formula is C22H27FO5. The Balaban J connectivity index is 1.82. The lowest BCUT2D eigenvalue weighted by atomic mass is 9.46. The van der Waals surface area contributed by atoms with Crippen molar-refractivity contribution in [3.8, 4) is 0 Å². The molecule has 0 aromatic heterocycles. The van der Waals surface area contributed by atoms with Crippen molar-refractivity contribution >= 4 is 11.6 Å². The largest absolute Gasteiger partial charge is 0.393 e. The smallest absolute Gasteiger partial charge is 0.194 e. The average Bonchev–Trinajstić information content (AvgIpc) is 2.83. The number of aliphatic hydroxyl groups excluding tert-OH is 2. The van der Waals surface area contributed by atoms with Gasteiger partial charge in [-0.15, -0.1) is 0 Å². The second-order valence-corrected chi connectivity index (χ2v) is 9.41. The third kappa shape index (κ3) is 2.17. The Bertz CT molecular complexity index is 831. The zero-order chi connectivity index (χ0) is 20.6. The number of aliphatic hydroxyl groups is 3. The Hall–Kier alpha value is -1.63. The van der Waals surface area contributed by atoms with Gasteiger partial charge in [0.05, 0.1) is 6.10 Å². The number of carbonyl (C=O) groups excluding carboxylic acids is 2. The molecule has 4 rings (SSSR count). The first-order chi connectivity index (χ1) is 13.0. The molecule has 6 heteroatoms. The summed E-state index contributed by atoms with van der Waals surface area (Å²) < 4.78 is 15.2. The lowest BCUT2D eigenvalue weighted by Gasteiger charge is -2.59. The van der Waals surface area contributed by atoms with Crippen LogP contribution in [0.1, 0.15) is 33.1 Å². The lowest BCUT2D eigenvalue weighted by Crippen LogP contribution is -2.63. The molecule has 3 saturated carbocycles. The quantitative estimate of drug-likeness (QED) is 0.624. The van der Waals surface area contributed by atoms with Gasteiger partial charge < -0.3 is 15.3 Å². The van der Waals surface area contributed by atoms with Crippen molar-refractivity contribution in [2.45, 2.75) is 51.0 Å². The van der Waals surface area contributed by atoms with Crippen molar-refractivity contribution in [3.05, 3.63) is 36.0 Å². The van der Waals surface area contributed by atoms with Gasteiger partial charge in [-0.1, -0.05) is 26.5 Å². The minimum atomic E-state index is -1.93. The molecule has 3 N–H and O–H groups in total. The number of ketones is 2. The van der Waals surface area contributed by atoms with Crippen LogP contribution in [0.25, 0.3) is 0 Å². The summed E-state index contributed by atoms with van der Waals surface area (Å²) in [5, 5.41) is 31.9. The van der Waals surface area contributed by atoms with Crippen LogP contribution in [0.5, 0.6) is 0 Å². The van der Waals surface area contributed by atoms with Crippen LogP contribution in [0.4, 0.5) is 4.39 Å². The Labute approximate surface area is 163 Å². The van der Waals surface area contributed by atoms with E-state index < -0.39 is 41.1 Å². The number of carbonyl (C=O) groups is 2. The second kappa shape index (κ2) is 5.94. The third-order valence-corrected chi connectivity index (χ3v) is 8.22. The van der Waals surface area contributed by atoms with E-state index in [-0.39, 0.29) is 36.4 Å². The van der Waals surface area contributed by atoms with E-state index in [1.54, 1.807) is 13.0 Å². The molecule has 0 heterocycles. The number of alkyl halides is 1. The summed E-state index contributed by atoms with van der Waals surface area (Å²) in [6.45, 7) is 6.69. The van der Waals surface area contributed by atoms with Gasteiger partial charge in [0.15, 0.2) is 17.2 Å². The number of hydrogen-bond acceptors (Lipinski definition) is 5. The SMILES string of the molecule is C=C1C[C@H]2[C@@H]3C[C@H](F)C4=CC(=O)C=C[C@]4(C)[C@H]3[C@@H](O)C[C@]2(C)[C@@]1(O)C(=O)CO. The maximum Gasteiger partial charge on any atom is 0.194 e. The summed E-state index contributed by atoms with van der Waals surface area (Å²) >= 11 is 0. The molecule has 0 radical (unpaired) electrons. The lowest BCUT2D eigenvalue weighted by molar-refractivity contribution is -0.176. The molecule has 4 aliphatic rings. The summed E-state index contributed by atoms with van der Waals surface area (Å²) in [6.07, 6.45) is 2.87. The number of halogens is 1. The van der Waals surface area contributed by atoms with E-state index in [1.165, 1.54) is 12.2 Å². The number of hydrogen-bond donors (Lipinski definition) is 3. The van der Waals surface area contributed by atoms with E-state index in [2.05, 4.69) is 6.58 Å². The van der Waals surface area contributed by atoms with Crippen LogP contribution in [0.3, 0.4) is 0 Å². The topological polar surface area (TPSA) is 94.8 Å². The van der Waals surface area contributed by atoms with Gasteiger partial charge in [-0.3, -0.25) is 9.59 Å². The highest BCUT2D eigenvalue weighted by Crippen LogP contribution is 2.68. The van der Waals surface area contributed by atoms with Gasteiger partial charge in [-0.2, -0.15) is 0 Å². The standard InChI is InChI=1S/C22H27FO5/c1-11-6-14-13-8-16(23)15-7-12(25)4-5-20(15,2)19(13)17(26)9-21(14,3)22(11,28)18(27)10-24/h4-5,7,13-14,16-17,19,24,26,28H,1,6,8-10H2,2-3H3/t13-,14-,16-,17-,19+,20-,21-,22-/m0/s1. The highest BCUT2D eigenvalue weighted by molar-refractivity contribution is 6.01. The summed E-state index contributed by atoms with van der Waals surface area (Å²) in [4.78, 5) is 24.3. The van der Waals surface area contributed by atoms with Crippen LogP contribution in [0, 0.1) is 28.6 Å². The van der Waals surface area contributed by atoms with E-state index in [0.29, 0.717) is 17.6 Å². The van der Waals surface area contributed by atoms with Crippen molar-refractivity contribution in [2.75, 3.05) is 6.61 Å². The molecule has 0 amide bonds. The Morgan fingerprint density at radius 3 is 2.71 bits per heavy atom. The van der Waals surface area contributed by atoms with Crippen molar-refractivity contribution in [1.29, 1.82) is 0 Å². The van der Waals surface area contributed by atoms with E-state index in [0.717, 1.165) is 0 Å². The minimum Gasteiger partial charge on any atom is -0.393 e. The van der Waals surface area contributed by atoms with Gasteiger partial charge in [-0.25, -0.2) is 4.39 Å². The van der Waals surface area contributed by atoms with Crippen LogP contribution in [0.15, 0.2) is 36.0 Å². The summed E-state index contributed by atoms with van der Waals surface area (Å²) in [6, 6.07) is 0. The normalized spacial score (nSPS) is 49.9. The monoisotopic (exact) mass is 390 g/mol. The fourth-order valence-corrected chi connectivity index (χ4v) is 6.92. The summed E-state index contributed by atoms with van der Waals surface area (Å²) in [5.41, 5.74) is -3.03. The van der Waals surface area contributed by atoms with Gasteiger partial charge in [0.1, 0.15) is 12.8 Å². The molecule has 0 saturated heterocycles. The summed E-state index contributed by atoms with van der Waals surface area (Å²) in [7, 11) is 0. The molecule has 152 valence electrons. The second-order valence-electron chi connectivity index (χ2n) is 9.41. The number of allylic oxidation sites excluding steroid dienone is 4. The van der Waals surface area contributed by atoms with Crippen LogP contribution in [-0.4, -0.2) is 51.4 Å². The van der Waals surface area contributed by atoms with Gasteiger partial charge in [0.2, 0.25) is 0 Å². The highest BCUT2D eigenvalue weighted by Gasteiger charge is 2.70. The molecule has 0 bridgehead atoms. The van der Waals surface area contributed by atoms with Crippen LogP contribution in [0.2, 0.25) is 0 Å². The molecule has 0 aromatic carbocycles. The van der Waals surface area contributed by atoms with Gasteiger partial charge in [0, 0.05) is 16.7 Å². The molecule has 4 aliphatic carbocycles. The summed E-state index contributed by atoms with van der Waals surface area (Å²) in [5.74, 6) is -1.85. The maximum absolute atomic E-state index is 15.2. The number of fused-ring (bicyclic) bond motifs is 5. The minimum absolute atomic E-state index is 0.126. The Morgan fingerprint density at radius 1 is 1.39 bits per heavy atom. The van der Waals surface area contributed by atoms with E-state index in [4.69, 9.17) is 0 Å². The van der Waals surface area contributed by atoms with E-state index >= 15 is 4.39 Å². The maximum atomic E-state index is 15.2.